The van der Waals surface area contributed by atoms with E-state index in [-0.39, 0.29) is 12.6 Å². The van der Waals surface area contributed by atoms with Crippen LogP contribution in [0.15, 0.2) is 43.0 Å². The van der Waals surface area contributed by atoms with Gasteiger partial charge in [-0.2, -0.15) is 0 Å². The average Bonchev–Trinajstić information content (AvgIpc) is 3.46. The molecule has 1 spiro atoms. The molecule has 1 heterocycles. The first kappa shape index (κ1) is 19.0. The lowest BCUT2D eigenvalue weighted by Gasteiger charge is -2.48. The minimum absolute atomic E-state index is 0.271. The molecule has 2 fully saturated rings. The first-order valence-electron chi connectivity index (χ1n) is 8.79. The molecule has 1 aromatic carbocycles. The van der Waals surface area contributed by atoms with Gasteiger partial charge in [0.25, 0.3) is 0 Å². The van der Waals surface area contributed by atoms with E-state index in [0.717, 1.165) is 0 Å². The lowest BCUT2D eigenvalue weighted by atomic mass is 9.71. The summed E-state index contributed by atoms with van der Waals surface area (Å²) in [6.45, 7) is 4.92. The SMILES string of the molecule is C=CCOC[C@@]1(OC)[C@H](OC)[C@H](OC(=O)c2ccccc2)CC[C@]12CO2. The number of epoxide rings is 1. The van der Waals surface area contributed by atoms with Crippen molar-refractivity contribution in [1.29, 1.82) is 0 Å². The lowest BCUT2D eigenvalue weighted by Crippen LogP contribution is -2.67. The normalized spacial score (nSPS) is 33.0. The van der Waals surface area contributed by atoms with Crippen LogP contribution in [-0.2, 0) is 23.7 Å². The molecule has 0 unspecified atom stereocenters. The fourth-order valence-corrected chi connectivity index (χ4v) is 3.88. The van der Waals surface area contributed by atoms with Gasteiger partial charge in [-0.3, -0.25) is 0 Å². The van der Waals surface area contributed by atoms with Gasteiger partial charge in [-0.1, -0.05) is 24.3 Å². The fraction of sp³-hybridized carbons (Fsp3) is 0.550. The molecule has 6 heteroatoms. The fourth-order valence-electron chi connectivity index (χ4n) is 3.88. The van der Waals surface area contributed by atoms with Crippen molar-refractivity contribution in [3.63, 3.8) is 0 Å². The van der Waals surface area contributed by atoms with Crippen molar-refractivity contribution in [2.75, 3.05) is 34.0 Å². The van der Waals surface area contributed by atoms with E-state index in [0.29, 0.717) is 31.6 Å². The molecule has 2 aliphatic rings. The van der Waals surface area contributed by atoms with Gasteiger partial charge in [0.15, 0.2) is 5.60 Å². The molecule has 6 nitrogen and oxygen atoms in total. The summed E-state index contributed by atoms with van der Waals surface area (Å²) in [4.78, 5) is 12.5. The van der Waals surface area contributed by atoms with Gasteiger partial charge < -0.3 is 23.7 Å². The van der Waals surface area contributed by atoms with E-state index in [1.165, 1.54) is 0 Å². The number of benzene rings is 1. The second-order valence-electron chi connectivity index (χ2n) is 6.69. The van der Waals surface area contributed by atoms with E-state index in [9.17, 15) is 4.79 Å². The Labute approximate surface area is 154 Å². The Balaban J connectivity index is 1.81. The van der Waals surface area contributed by atoms with E-state index < -0.39 is 23.4 Å². The number of rotatable bonds is 8. The molecule has 0 amide bonds. The highest BCUT2D eigenvalue weighted by Crippen LogP contribution is 2.52. The van der Waals surface area contributed by atoms with Gasteiger partial charge in [0.1, 0.15) is 17.8 Å². The predicted molar refractivity (Wildman–Crippen MR) is 95.1 cm³/mol. The number of esters is 1. The van der Waals surface area contributed by atoms with Crippen molar-refractivity contribution in [3.05, 3.63) is 48.6 Å². The van der Waals surface area contributed by atoms with Gasteiger partial charge in [-0.25, -0.2) is 4.79 Å². The molecule has 1 saturated carbocycles. The van der Waals surface area contributed by atoms with Crippen LogP contribution in [0.4, 0.5) is 0 Å². The molecule has 1 aliphatic heterocycles. The number of ether oxygens (including phenoxy) is 5. The van der Waals surface area contributed by atoms with E-state index in [4.69, 9.17) is 23.7 Å². The van der Waals surface area contributed by atoms with Crippen LogP contribution in [0.3, 0.4) is 0 Å². The third-order valence-corrected chi connectivity index (χ3v) is 5.33. The first-order valence-corrected chi connectivity index (χ1v) is 8.79. The molecule has 0 N–H and O–H groups in total. The van der Waals surface area contributed by atoms with Crippen LogP contribution in [-0.4, -0.2) is 63.4 Å². The number of carbonyl (C=O) groups excluding carboxylic acids is 1. The van der Waals surface area contributed by atoms with Crippen molar-refractivity contribution >= 4 is 5.97 Å². The second kappa shape index (κ2) is 7.88. The average molecular weight is 362 g/mol. The number of methoxy groups -OCH3 is 2. The molecule has 4 atom stereocenters. The van der Waals surface area contributed by atoms with Crippen LogP contribution in [0.2, 0.25) is 0 Å². The summed E-state index contributed by atoms with van der Waals surface area (Å²) in [7, 11) is 3.21. The zero-order chi connectivity index (χ0) is 18.6. The van der Waals surface area contributed by atoms with Crippen LogP contribution in [0.1, 0.15) is 23.2 Å². The van der Waals surface area contributed by atoms with Crippen molar-refractivity contribution in [2.45, 2.75) is 36.3 Å². The topological polar surface area (TPSA) is 66.5 Å². The number of hydrogen-bond donors (Lipinski definition) is 0. The molecule has 1 aliphatic carbocycles. The summed E-state index contributed by atoms with van der Waals surface area (Å²) in [6, 6.07) is 8.93. The highest BCUT2D eigenvalue weighted by molar-refractivity contribution is 5.89. The first-order chi connectivity index (χ1) is 12.6. The Morgan fingerprint density at radius 2 is 2.08 bits per heavy atom. The predicted octanol–water partition coefficient (Wildman–Crippen LogP) is 2.38. The molecular formula is C20H26O6. The quantitative estimate of drug-likeness (QED) is 0.306. The molecule has 0 radical (unpaired) electrons. The molecule has 0 aromatic heterocycles. The summed E-state index contributed by atoms with van der Waals surface area (Å²) < 4.78 is 29.0. The standard InChI is InChI=1S/C20H26O6/c1-4-12-24-14-20(23-3)17(22-2)16(10-11-19(20)13-25-19)26-18(21)15-8-6-5-7-9-15/h4-9,16-17H,1,10-14H2,2-3H3/t16-,17-,19+,20-/m1/s1. The van der Waals surface area contributed by atoms with Crippen molar-refractivity contribution in [2.24, 2.45) is 0 Å². The highest BCUT2D eigenvalue weighted by atomic mass is 16.7. The Hall–Kier alpha value is -1.73. The van der Waals surface area contributed by atoms with Gasteiger partial charge in [-0.05, 0) is 25.0 Å². The van der Waals surface area contributed by atoms with E-state index >= 15 is 0 Å². The number of carbonyl (C=O) groups is 1. The monoisotopic (exact) mass is 362 g/mol. The van der Waals surface area contributed by atoms with Crippen molar-refractivity contribution in [1.82, 2.24) is 0 Å². The zero-order valence-corrected chi connectivity index (χ0v) is 15.3. The number of hydrogen-bond acceptors (Lipinski definition) is 6. The molecular weight excluding hydrogens is 336 g/mol. The Kier molecular flexibility index (Phi) is 5.77. The van der Waals surface area contributed by atoms with Crippen LogP contribution in [0, 0.1) is 0 Å². The zero-order valence-electron chi connectivity index (χ0n) is 15.3. The maximum atomic E-state index is 12.5. The van der Waals surface area contributed by atoms with Crippen molar-refractivity contribution < 1.29 is 28.5 Å². The summed E-state index contributed by atoms with van der Waals surface area (Å²) in [6.07, 6.45) is 2.09. The van der Waals surface area contributed by atoms with E-state index in [2.05, 4.69) is 6.58 Å². The van der Waals surface area contributed by atoms with Gasteiger partial charge in [0.2, 0.25) is 0 Å². The molecule has 1 saturated heterocycles. The summed E-state index contributed by atoms with van der Waals surface area (Å²) in [5.74, 6) is -0.373. The highest BCUT2D eigenvalue weighted by Gasteiger charge is 2.70. The Morgan fingerprint density at radius 1 is 1.35 bits per heavy atom. The van der Waals surface area contributed by atoms with E-state index in [1.807, 2.05) is 6.07 Å². The minimum atomic E-state index is -0.843. The van der Waals surface area contributed by atoms with Crippen LogP contribution in [0.25, 0.3) is 0 Å². The largest absolute Gasteiger partial charge is 0.456 e. The molecule has 142 valence electrons. The van der Waals surface area contributed by atoms with Crippen molar-refractivity contribution in [3.8, 4) is 0 Å². The van der Waals surface area contributed by atoms with E-state index in [1.54, 1.807) is 44.6 Å². The van der Waals surface area contributed by atoms with Crippen LogP contribution < -0.4 is 0 Å². The van der Waals surface area contributed by atoms with Gasteiger partial charge >= 0.3 is 5.97 Å². The maximum absolute atomic E-state index is 12.5. The maximum Gasteiger partial charge on any atom is 0.338 e. The second-order valence-corrected chi connectivity index (χ2v) is 6.69. The summed E-state index contributed by atoms with van der Waals surface area (Å²) in [5.41, 5.74) is -0.791. The van der Waals surface area contributed by atoms with Gasteiger partial charge in [-0.15, -0.1) is 6.58 Å². The molecule has 1 aromatic rings. The lowest BCUT2D eigenvalue weighted by molar-refractivity contribution is -0.230. The summed E-state index contributed by atoms with van der Waals surface area (Å²) >= 11 is 0. The molecule has 3 rings (SSSR count). The van der Waals surface area contributed by atoms with Crippen LogP contribution >= 0.6 is 0 Å². The third kappa shape index (κ3) is 3.30. The molecule has 26 heavy (non-hydrogen) atoms. The van der Waals surface area contributed by atoms with Gasteiger partial charge in [0, 0.05) is 14.2 Å². The Bertz CT molecular complexity index is 626. The summed E-state index contributed by atoms with van der Waals surface area (Å²) in [5, 5.41) is 0. The smallest absolute Gasteiger partial charge is 0.338 e. The molecule has 0 bridgehead atoms. The Morgan fingerprint density at radius 3 is 2.65 bits per heavy atom. The third-order valence-electron chi connectivity index (χ3n) is 5.33. The minimum Gasteiger partial charge on any atom is -0.456 e. The van der Waals surface area contributed by atoms with Gasteiger partial charge in [0.05, 0.1) is 25.4 Å². The van der Waals surface area contributed by atoms with Crippen LogP contribution in [0.5, 0.6) is 0 Å².